The van der Waals surface area contributed by atoms with Crippen LogP contribution in [0, 0.1) is 13.8 Å². The number of benzene rings is 1. The van der Waals surface area contributed by atoms with Crippen molar-refractivity contribution in [1.29, 1.82) is 0 Å². The Morgan fingerprint density at radius 2 is 1.94 bits per heavy atom. The van der Waals surface area contributed by atoms with Gasteiger partial charge in [0.2, 0.25) is 11.9 Å². The SMILES string of the molecule is Cc1c(Cl)cccc1-n1c(C)c[n+]2c1N=C1C2C(=O)N(CCN2CCOCC2)C(=O)N1C. The van der Waals surface area contributed by atoms with E-state index in [1.165, 1.54) is 9.80 Å². The quantitative estimate of drug-likeness (QED) is 0.657. The molecule has 0 N–H and O–H groups in total. The van der Waals surface area contributed by atoms with Crippen molar-refractivity contribution in [2.75, 3.05) is 46.4 Å². The van der Waals surface area contributed by atoms with Crippen LogP contribution >= 0.6 is 11.6 Å². The average Bonchev–Trinajstić information content (AvgIpc) is 3.30. The molecule has 1 unspecified atom stereocenters. The fourth-order valence-electron chi connectivity index (χ4n) is 4.59. The molecular formula is C22H26ClN6O3+. The first kappa shape index (κ1) is 21.1. The minimum Gasteiger partial charge on any atom is -0.379 e. The van der Waals surface area contributed by atoms with Crippen LogP contribution in [0.1, 0.15) is 17.3 Å². The summed E-state index contributed by atoms with van der Waals surface area (Å²) in [6.45, 7) is 7.87. The van der Waals surface area contributed by atoms with Gasteiger partial charge in [0, 0.05) is 43.8 Å². The number of aromatic nitrogens is 2. The van der Waals surface area contributed by atoms with Gasteiger partial charge in [-0.2, -0.15) is 4.57 Å². The van der Waals surface area contributed by atoms with E-state index in [1.54, 1.807) is 7.05 Å². The second kappa shape index (κ2) is 7.99. The number of ether oxygens (including phenoxy) is 1. The zero-order valence-corrected chi connectivity index (χ0v) is 19.2. The smallest absolute Gasteiger partial charge is 0.379 e. The zero-order chi connectivity index (χ0) is 22.6. The zero-order valence-electron chi connectivity index (χ0n) is 18.4. The number of amides is 3. The lowest BCUT2D eigenvalue weighted by Gasteiger charge is -2.35. The Balaban J connectivity index is 1.49. The van der Waals surface area contributed by atoms with E-state index in [2.05, 4.69) is 4.90 Å². The molecule has 4 heterocycles. The van der Waals surface area contributed by atoms with Crippen molar-refractivity contribution in [2.45, 2.75) is 19.9 Å². The number of urea groups is 1. The third-order valence-corrected chi connectivity index (χ3v) is 6.84. The number of aryl methyl sites for hydroxylation is 1. The maximum absolute atomic E-state index is 13.5. The number of fused-ring (bicyclic) bond motifs is 3. The highest BCUT2D eigenvalue weighted by atomic mass is 35.5. The predicted octanol–water partition coefficient (Wildman–Crippen LogP) is 1.85. The predicted molar refractivity (Wildman–Crippen MR) is 119 cm³/mol. The van der Waals surface area contributed by atoms with Crippen molar-refractivity contribution in [2.24, 2.45) is 4.99 Å². The number of imide groups is 1. The van der Waals surface area contributed by atoms with E-state index < -0.39 is 6.04 Å². The number of halogens is 1. The summed E-state index contributed by atoms with van der Waals surface area (Å²) in [6, 6.07) is 4.72. The summed E-state index contributed by atoms with van der Waals surface area (Å²) in [5.41, 5.74) is 2.76. The molecule has 1 atom stereocenters. The first-order valence-electron chi connectivity index (χ1n) is 10.7. The van der Waals surface area contributed by atoms with Crippen molar-refractivity contribution >= 4 is 35.3 Å². The van der Waals surface area contributed by atoms with E-state index >= 15 is 0 Å². The van der Waals surface area contributed by atoms with Crippen LogP contribution in [0.2, 0.25) is 5.02 Å². The Labute approximate surface area is 191 Å². The number of hydrogen-bond donors (Lipinski definition) is 0. The summed E-state index contributed by atoms with van der Waals surface area (Å²) >= 11 is 6.36. The lowest BCUT2D eigenvalue weighted by molar-refractivity contribution is -0.676. The van der Waals surface area contributed by atoms with Gasteiger partial charge in [0.05, 0.1) is 13.2 Å². The molecule has 3 amide bonds. The fourth-order valence-corrected chi connectivity index (χ4v) is 4.76. The van der Waals surface area contributed by atoms with Gasteiger partial charge in [-0.3, -0.25) is 19.5 Å². The largest absolute Gasteiger partial charge is 0.406 e. The molecule has 0 spiro atoms. The van der Waals surface area contributed by atoms with E-state index in [4.69, 9.17) is 21.3 Å². The summed E-state index contributed by atoms with van der Waals surface area (Å²) in [5, 5.41) is 0.662. The second-order valence-electron chi connectivity index (χ2n) is 8.36. The monoisotopic (exact) mass is 457 g/mol. The Morgan fingerprint density at radius 3 is 2.69 bits per heavy atom. The van der Waals surface area contributed by atoms with E-state index in [0.717, 1.165) is 30.0 Å². The normalized spacial score (nSPS) is 21.1. The van der Waals surface area contributed by atoms with E-state index in [-0.39, 0.29) is 11.9 Å². The number of morpholine rings is 1. The molecule has 0 aliphatic carbocycles. The molecule has 0 saturated carbocycles. The number of carbonyl (C=O) groups excluding carboxylic acids is 2. The molecule has 2 saturated heterocycles. The van der Waals surface area contributed by atoms with Gasteiger partial charge in [-0.15, -0.1) is 0 Å². The Bertz CT molecular complexity index is 1140. The molecule has 3 aliphatic heterocycles. The van der Waals surface area contributed by atoms with Crippen LogP contribution < -0.4 is 4.57 Å². The number of hydrogen-bond acceptors (Lipinski definition) is 5. The third-order valence-electron chi connectivity index (χ3n) is 6.43. The van der Waals surface area contributed by atoms with Gasteiger partial charge in [0.25, 0.3) is 5.91 Å². The first-order chi connectivity index (χ1) is 15.4. The third kappa shape index (κ3) is 3.23. The summed E-state index contributed by atoms with van der Waals surface area (Å²) in [5.74, 6) is 0.811. The van der Waals surface area contributed by atoms with Gasteiger partial charge in [0.15, 0.2) is 0 Å². The number of carbonyl (C=O) groups is 2. The number of rotatable bonds is 4. The van der Waals surface area contributed by atoms with Crippen molar-refractivity contribution in [3.63, 3.8) is 0 Å². The van der Waals surface area contributed by atoms with Gasteiger partial charge >= 0.3 is 12.0 Å². The molecule has 9 nitrogen and oxygen atoms in total. The summed E-state index contributed by atoms with van der Waals surface area (Å²) in [6.07, 6.45) is 1.92. The second-order valence-corrected chi connectivity index (χ2v) is 8.76. The van der Waals surface area contributed by atoms with E-state index in [0.29, 0.717) is 43.1 Å². The molecule has 0 radical (unpaired) electrons. The van der Waals surface area contributed by atoms with Gasteiger partial charge in [-0.05, 0) is 26.0 Å². The van der Waals surface area contributed by atoms with Crippen LogP contribution in [-0.2, 0) is 9.53 Å². The van der Waals surface area contributed by atoms with Crippen molar-refractivity contribution in [1.82, 2.24) is 19.3 Å². The average molecular weight is 458 g/mol. The highest BCUT2D eigenvalue weighted by Crippen LogP contribution is 2.33. The maximum Gasteiger partial charge on any atom is 0.406 e. The molecule has 3 aliphatic rings. The Kier molecular flexibility index (Phi) is 5.27. The first-order valence-corrected chi connectivity index (χ1v) is 11.1. The number of likely N-dealkylation sites (N-methyl/N-ethyl adjacent to an activating group) is 1. The molecule has 5 rings (SSSR count). The van der Waals surface area contributed by atoms with E-state index in [9.17, 15) is 9.59 Å². The fraction of sp³-hybridized carbons (Fsp3) is 0.455. The van der Waals surface area contributed by atoms with Crippen LogP contribution in [0.5, 0.6) is 0 Å². The number of amidine groups is 1. The Morgan fingerprint density at radius 1 is 1.19 bits per heavy atom. The summed E-state index contributed by atoms with van der Waals surface area (Å²) in [4.78, 5) is 36.3. The molecule has 10 heteroatoms. The van der Waals surface area contributed by atoms with Crippen LogP contribution in [0.3, 0.4) is 0 Å². The van der Waals surface area contributed by atoms with E-state index in [1.807, 2.05) is 47.4 Å². The molecule has 168 valence electrons. The molecule has 2 aromatic rings. The van der Waals surface area contributed by atoms with Crippen LogP contribution in [0.15, 0.2) is 29.4 Å². The number of imidazole rings is 1. The van der Waals surface area contributed by atoms with Gasteiger partial charge in [-0.25, -0.2) is 9.36 Å². The van der Waals surface area contributed by atoms with Crippen molar-refractivity contribution < 1.29 is 18.9 Å². The van der Waals surface area contributed by atoms with Crippen LogP contribution in [-0.4, -0.2) is 83.5 Å². The molecule has 2 fully saturated rings. The highest BCUT2D eigenvalue weighted by Gasteiger charge is 2.53. The molecule has 0 bridgehead atoms. The highest BCUT2D eigenvalue weighted by molar-refractivity contribution is 6.31. The van der Waals surface area contributed by atoms with Gasteiger partial charge < -0.3 is 4.74 Å². The molecule has 1 aromatic carbocycles. The van der Waals surface area contributed by atoms with Crippen molar-refractivity contribution in [3.8, 4) is 5.69 Å². The lowest BCUT2D eigenvalue weighted by atomic mass is 10.1. The minimum atomic E-state index is -0.656. The minimum absolute atomic E-state index is 0.246. The molecular weight excluding hydrogens is 432 g/mol. The summed E-state index contributed by atoms with van der Waals surface area (Å²) in [7, 11) is 1.68. The standard InChI is InChI=1S/C22H26ClN6O3/c1-14-13-28-18-19(24-21(28)29(14)17-6-4-5-16(23)15(17)2)25(3)22(31)27(20(18)30)8-7-26-9-11-32-12-10-26/h4-6,13,18H,7-12H2,1-3H3/q+1. The van der Waals surface area contributed by atoms with Crippen molar-refractivity contribution in [3.05, 3.63) is 40.7 Å². The lowest BCUT2D eigenvalue weighted by Crippen LogP contribution is -2.63. The maximum atomic E-state index is 13.5. The van der Waals surface area contributed by atoms with Gasteiger partial charge in [0.1, 0.15) is 17.6 Å². The van der Waals surface area contributed by atoms with Crippen LogP contribution in [0.25, 0.3) is 5.69 Å². The van der Waals surface area contributed by atoms with Gasteiger partial charge in [-0.1, -0.05) is 22.7 Å². The Hall–Kier alpha value is -2.75. The number of nitrogens with zero attached hydrogens (tertiary/aromatic N) is 6. The number of aliphatic imine (C=N–C) groups is 1. The topological polar surface area (TPSA) is 74.3 Å². The van der Waals surface area contributed by atoms with Crippen LogP contribution in [0.4, 0.5) is 10.7 Å². The molecule has 32 heavy (non-hydrogen) atoms. The molecule has 1 aromatic heterocycles. The summed E-state index contributed by atoms with van der Waals surface area (Å²) < 4.78 is 9.23.